The number of ether oxygens (including phenoxy) is 1. The molecule has 0 saturated heterocycles. The molecule has 2 aromatic heterocycles. The SMILES string of the molecule is N#Cc1cn(-c2cc(Cl)c(Oc3n[nH]c(=O)c4c(F)cccc34)c(Cl)c2)c(=O)[nH]c1=O. The first-order chi connectivity index (χ1) is 14.8. The Kier molecular flexibility index (Phi) is 5.06. The van der Waals surface area contributed by atoms with Crippen LogP contribution in [0.3, 0.4) is 0 Å². The molecule has 0 bridgehead atoms. The van der Waals surface area contributed by atoms with E-state index >= 15 is 0 Å². The van der Waals surface area contributed by atoms with E-state index in [-0.39, 0.29) is 43.7 Å². The Hall–Kier alpha value is -3.94. The molecule has 0 spiro atoms. The van der Waals surface area contributed by atoms with Gasteiger partial charge in [-0.1, -0.05) is 29.3 Å². The maximum atomic E-state index is 14.1. The molecule has 0 fully saturated rings. The highest BCUT2D eigenvalue weighted by molar-refractivity contribution is 6.37. The van der Waals surface area contributed by atoms with Gasteiger partial charge in [-0.25, -0.2) is 14.3 Å². The maximum absolute atomic E-state index is 14.1. The molecule has 12 heteroatoms. The third-order valence-electron chi connectivity index (χ3n) is 4.25. The lowest BCUT2D eigenvalue weighted by Crippen LogP contribution is -2.30. The molecule has 0 amide bonds. The van der Waals surface area contributed by atoms with E-state index < -0.39 is 22.6 Å². The smallest absolute Gasteiger partial charge is 0.332 e. The number of nitrogens with one attached hydrogen (secondary N) is 2. The molecular formula is C19H8Cl2FN5O4. The molecule has 0 aliphatic carbocycles. The van der Waals surface area contributed by atoms with Gasteiger partial charge in [0.15, 0.2) is 5.75 Å². The predicted molar refractivity (Wildman–Crippen MR) is 110 cm³/mol. The highest BCUT2D eigenvalue weighted by Gasteiger charge is 2.17. The van der Waals surface area contributed by atoms with Crippen molar-refractivity contribution in [3.63, 3.8) is 0 Å². The number of nitrogens with zero attached hydrogens (tertiary/aromatic N) is 3. The Balaban J connectivity index is 1.83. The van der Waals surface area contributed by atoms with Crippen LogP contribution in [0.4, 0.5) is 4.39 Å². The minimum atomic E-state index is -0.829. The van der Waals surface area contributed by atoms with E-state index in [1.54, 1.807) is 6.07 Å². The van der Waals surface area contributed by atoms with Crippen LogP contribution < -0.4 is 21.5 Å². The Morgan fingerprint density at radius 1 is 1.13 bits per heavy atom. The van der Waals surface area contributed by atoms with Crippen molar-refractivity contribution in [2.45, 2.75) is 0 Å². The Bertz CT molecular complexity index is 1560. The van der Waals surface area contributed by atoms with Crippen molar-refractivity contribution in [2.24, 2.45) is 0 Å². The first kappa shape index (κ1) is 20.3. The first-order valence-electron chi connectivity index (χ1n) is 8.40. The summed E-state index contributed by atoms with van der Waals surface area (Å²) < 4.78 is 20.7. The molecule has 4 aromatic rings. The van der Waals surface area contributed by atoms with Gasteiger partial charge in [0.05, 0.1) is 26.5 Å². The van der Waals surface area contributed by atoms with Gasteiger partial charge in [-0.3, -0.25) is 19.1 Å². The third kappa shape index (κ3) is 3.56. The molecule has 0 aliphatic rings. The van der Waals surface area contributed by atoms with E-state index in [1.165, 1.54) is 24.3 Å². The number of aromatic amines is 2. The van der Waals surface area contributed by atoms with E-state index in [9.17, 15) is 18.8 Å². The summed E-state index contributed by atoms with van der Waals surface area (Å²) in [7, 11) is 0. The van der Waals surface area contributed by atoms with Crippen LogP contribution >= 0.6 is 23.2 Å². The number of aromatic nitrogens is 4. The molecule has 0 atom stereocenters. The molecule has 2 heterocycles. The van der Waals surface area contributed by atoms with Gasteiger partial charge in [-0.15, -0.1) is 5.10 Å². The Labute approximate surface area is 180 Å². The Morgan fingerprint density at radius 2 is 1.84 bits per heavy atom. The van der Waals surface area contributed by atoms with Crippen LogP contribution in [0.2, 0.25) is 10.0 Å². The molecule has 0 saturated carbocycles. The molecule has 2 N–H and O–H groups in total. The predicted octanol–water partition coefficient (Wildman–Crippen LogP) is 2.87. The lowest BCUT2D eigenvalue weighted by Gasteiger charge is -2.13. The molecule has 154 valence electrons. The number of nitriles is 1. The fraction of sp³-hybridized carbons (Fsp3) is 0. The summed E-state index contributed by atoms with van der Waals surface area (Å²) in [6.07, 6.45) is 1.05. The van der Waals surface area contributed by atoms with Crippen LogP contribution in [0.25, 0.3) is 16.5 Å². The summed E-state index contributed by atoms with van der Waals surface area (Å²) in [6, 6.07) is 8.22. The average Bonchev–Trinajstić information content (AvgIpc) is 2.72. The van der Waals surface area contributed by atoms with Crippen molar-refractivity contribution < 1.29 is 9.13 Å². The molecule has 0 aliphatic heterocycles. The zero-order chi connectivity index (χ0) is 22.3. The summed E-state index contributed by atoms with van der Waals surface area (Å²) >= 11 is 12.5. The fourth-order valence-corrected chi connectivity index (χ4v) is 3.40. The minimum absolute atomic E-state index is 0.0586. The second-order valence-corrected chi connectivity index (χ2v) is 6.96. The van der Waals surface area contributed by atoms with Gasteiger partial charge in [-0.2, -0.15) is 5.26 Å². The van der Waals surface area contributed by atoms with Gasteiger partial charge in [-0.05, 0) is 24.3 Å². The normalized spacial score (nSPS) is 10.8. The minimum Gasteiger partial charge on any atom is -0.434 e. The van der Waals surface area contributed by atoms with Gasteiger partial charge in [0.1, 0.15) is 17.4 Å². The van der Waals surface area contributed by atoms with Crippen LogP contribution in [-0.2, 0) is 0 Å². The van der Waals surface area contributed by atoms with Gasteiger partial charge in [0, 0.05) is 6.20 Å². The van der Waals surface area contributed by atoms with E-state index in [2.05, 4.69) is 10.2 Å². The standard InChI is InChI=1S/C19H8Cl2FN5O4/c20-11-4-9(27-7-8(6-23)16(28)24-19(27)30)5-12(21)15(11)31-18-10-2-1-3-13(22)14(10)17(29)25-26-18/h1-5,7H,(H,25,29)(H,24,28,30). The van der Waals surface area contributed by atoms with Gasteiger partial charge < -0.3 is 4.74 Å². The second-order valence-electron chi connectivity index (χ2n) is 6.14. The quantitative estimate of drug-likeness (QED) is 0.483. The first-order valence-corrected chi connectivity index (χ1v) is 9.16. The Morgan fingerprint density at radius 3 is 2.52 bits per heavy atom. The van der Waals surface area contributed by atoms with Crippen LogP contribution in [0.5, 0.6) is 11.6 Å². The largest absolute Gasteiger partial charge is 0.434 e. The van der Waals surface area contributed by atoms with Crippen molar-refractivity contribution >= 4 is 34.0 Å². The zero-order valence-electron chi connectivity index (χ0n) is 15.1. The number of halogens is 3. The van der Waals surface area contributed by atoms with E-state index in [4.69, 9.17) is 33.2 Å². The number of H-pyrrole nitrogens is 2. The lowest BCUT2D eigenvalue weighted by atomic mass is 10.2. The number of benzene rings is 2. The van der Waals surface area contributed by atoms with E-state index in [1.807, 2.05) is 4.98 Å². The third-order valence-corrected chi connectivity index (χ3v) is 4.81. The number of hydrogen-bond donors (Lipinski definition) is 2. The van der Waals surface area contributed by atoms with Crippen molar-refractivity contribution in [1.29, 1.82) is 5.26 Å². The second kappa shape index (κ2) is 7.71. The van der Waals surface area contributed by atoms with Crippen molar-refractivity contribution in [3.8, 4) is 23.4 Å². The van der Waals surface area contributed by atoms with Crippen molar-refractivity contribution in [3.05, 3.63) is 89.1 Å². The summed E-state index contributed by atoms with van der Waals surface area (Å²) in [5.74, 6) is -0.988. The van der Waals surface area contributed by atoms with Crippen LogP contribution in [0, 0.1) is 17.1 Å². The van der Waals surface area contributed by atoms with Gasteiger partial charge >= 0.3 is 5.69 Å². The molecular weight excluding hydrogens is 452 g/mol. The van der Waals surface area contributed by atoms with Crippen LogP contribution in [0.15, 0.2) is 50.9 Å². The molecule has 31 heavy (non-hydrogen) atoms. The molecule has 0 unspecified atom stereocenters. The van der Waals surface area contributed by atoms with Crippen molar-refractivity contribution in [2.75, 3.05) is 0 Å². The number of hydrogen-bond acceptors (Lipinski definition) is 6. The number of fused-ring (bicyclic) bond motifs is 1. The fourth-order valence-electron chi connectivity index (χ4n) is 2.85. The molecule has 9 nitrogen and oxygen atoms in total. The lowest BCUT2D eigenvalue weighted by molar-refractivity contribution is 0.461. The van der Waals surface area contributed by atoms with Crippen molar-refractivity contribution in [1.82, 2.24) is 19.7 Å². The average molecular weight is 460 g/mol. The van der Waals surface area contributed by atoms with Crippen LogP contribution in [0.1, 0.15) is 5.56 Å². The summed E-state index contributed by atoms with van der Waals surface area (Å²) in [6.45, 7) is 0. The summed E-state index contributed by atoms with van der Waals surface area (Å²) in [5, 5.41) is 14.6. The molecule has 2 aromatic carbocycles. The molecule has 4 rings (SSSR count). The highest BCUT2D eigenvalue weighted by atomic mass is 35.5. The van der Waals surface area contributed by atoms with E-state index in [0.29, 0.717) is 0 Å². The molecule has 0 radical (unpaired) electrons. The highest BCUT2D eigenvalue weighted by Crippen LogP contribution is 2.39. The van der Waals surface area contributed by atoms with Gasteiger partial charge in [0.25, 0.3) is 11.1 Å². The number of rotatable bonds is 3. The summed E-state index contributed by atoms with van der Waals surface area (Å²) in [4.78, 5) is 37.6. The monoisotopic (exact) mass is 459 g/mol. The topological polar surface area (TPSA) is 134 Å². The van der Waals surface area contributed by atoms with E-state index in [0.717, 1.165) is 16.8 Å². The van der Waals surface area contributed by atoms with Gasteiger partial charge in [0.2, 0.25) is 5.88 Å². The van der Waals surface area contributed by atoms with Crippen LogP contribution in [-0.4, -0.2) is 19.7 Å². The maximum Gasteiger partial charge on any atom is 0.332 e. The zero-order valence-corrected chi connectivity index (χ0v) is 16.6. The summed E-state index contributed by atoms with van der Waals surface area (Å²) in [5.41, 5.74) is -2.53.